The summed E-state index contributed by atoms with van der Waals surface area (Å²) < 4.78 is 51.4. The van der Waals surface area contributed by atoms with Gasteiger partial charge in [-0.15, -0.1) is 0 Å². The number of hydrogen-bond donors (Lipinski definition) is 2. The number of benzene rings is 4. The Balaban J connectivity index is 1.53. The molecule has 4 aromatic carbocycles. The van der Waals surface area contributed by atoms with Crippen LogP contribution in [0.5, 0.6) is 46.0 Å². The van der Waals surface area contributed by atoms with Crippen molar-refractivity contribution in [3.8, 4) is 46.0 Å². The first-order valence-electron chi connectivity index (χ1n) is 18.8. The van der Waals surface area contributed by atoms with Gasteiger partial charge in [0.15, 0.2) is 47.6 Å². The molecular formula is C43H49FN2O10+2. The van der Waals surface area contributed by atoms with Gasteiger partial charge in [-0.2, -0.15) is 0 Å². The maximum atomic E-state index is 13.9. The van der Waals surface area contributed by atoms with Crippen molar-refractivity contribution in [2.75, 3.05) is 74.9 Å². The van der Waals surface area contributed by atoms with Gasteiger partial charge >= 0.3 is 11.9 Å². The van der Waals surface area contributed by atoms with Crippen molar-refractivity contribution in [3.05, 3.63) is 94.0 Å². The van der Waals surface area contributed by atoms with Crippen molar-refractivity contribution >= 4 is 11.9 Å². The maximum Gasteiger partial charge on any atom is 0.359 e. The standard InChI is InChI=1S/C43H47FN2O10/c1-45(24-39(47)48)15-12-28-21-35(52-4)37-23-31(28)32(45)18-26-6-9-30(10-7-26)55-36-20-27(8-11-34(36)51-3)19-33-41-29(13-16-46(33,2)25-40(49)50)22-38(53-5)42(43(41)56-37)54-17-14-44/h6-11,20-23,32-33H,12-19,24-25H2,1-5H3/p+2. The van der Waals surface area contributed by atoms with Gasteiger partial charge in [0.2, 0.25) is 5.75 Å². The Morgan fingerprint density at radius 1 is 0.732 bits per heavy atom. The smallest absolute Gasteiger partial charge is 0.359 e. The molecule has 0 aliphatic carbocycles. The Morgan fingerprint density at radius 2 is 1.32 bits per heavy atom. The fraction of sp³-hybridized carbons (Fsp3) is 0.395. The van der Waals surface area contributed by atoms with E-state index >= 15 is 0 Å². The summed E-state index contributed by atoms with van der Waals surface area (Å²) in [6, 6.07) is 18.4. The number of carboxylic acid groups (broad SMARTS) is 2. The van der Waals surface area contributed by atoms with E-state index in [9.17, 15) is 24.2 Å². The highest BCUT2D eigenvalue weighted by Crippen LogP contribution is 2.54. The molecule has 4 unspecified atom stereocenters. The number of likely N-dealkylation sites (N-methyl/N-ethyl adjacent to an activating group) is 2. The number of rotatable bonds is 10. The van der Waals surface area contributed by atoms with Gasteiger partial charge in [-0.25, -0.2) is 14.0 Å². The first-order valence-corrected chi connectivity index (χ1v) is 18.8. The number of quaternary nitrogens is 2. The maximum absolute atomic E-state index is 13.9. The lowest BCUT2D eigenvalue weighted by molar-refractivity contribution is -0.934. The molecule has 0 amide bonds. The molecule has 0 radical (unpaired) electrons. The van der Waals surface area contributed by atoms with Crippen LogP contribution in [-0.4, -0.2) is 106 Å². The molecular weight excluding hydrogens is 723 g/mol. The summed E-state index contributed by atoms with van der Waals surface area (Å²) in [5, 5.41) is 20.4. The minimum Gasteiger partial charge on any atom is -0.493 e. The summed E-state index contributed by atoms with van der Waals surface area (Å²) >= 11 is 0. The number of methoxy groups -OCH3 is 3. The Morgan fingerprint density at radius 3 is 1.96 bits per heavy atom. The van der Waals surface area contributed by atoms with E-state index < -0.39 is 24.7 Å². The van der Waals surface area contributed by atoms with Crippen LogP contribution in [0.1, 0.15) is 45.5 Å². The zero-order chi connectivity index (χ0) is 39.8. The highest BCUT2D eigenvalue weighted by molar-refractivity contribution is 5.69. The van der Waals surface area contributed by atoms with Crippen molar-refractivity contribution in [1.29, 1.82) is 0 Å². The van der Waals surface area contributed by atoms with Gasteiger partial charge in [0.05, 0.1) is 54.1 Å². The second kappa shape index (κ2) is 15.5. The van der Waals surface area contributed by atoms with Crippen LogP contribution in [0.25, 0.3) is 0 Å². The van der Waals surface area contributed by atoms with Crippen molar-refractivity contribution in [3.63, 3.8) is 0 Å². The predicted octanol–water partition coefficient (Wildman–Crippen LogP) is 6.70. The fourth-order valence-corrected chi connectivity index (χ4v) is 8.83. The third-order valence-corrected chi connectivity index (χ3v) is 11.7. The molecule has 4 heterocycles. The third kappa shape index (κ3) is 7.40. The molecule has 4 aromatic rings. The number of carbonyl (C=O) groups is 2. The van der Waals surface area contributed by atoms with Gasteiger partial charge in [-0.3, -0.25) is 0 Å². The van der Waals surface area contributed by atoms with E-state index in [0.29, 0.717) is 78.8 Å². The molecule has 12 nitrogen and oxygen atoms in total. The van der Waals surface area contributed by atoms with E-state index in [1.54, 1.807) is 14.2 Å². The zero-order valence-electron chi connectivity index (χ0n) is 32.4. The topological polar surface area (TPSA) is 130 Å². The summed E-state index contributed by atoms with van der Waals surface area (Å²) in [5.74, 6) is 1.39. The molecule has 0 aromatic heterocycles. The van der Waals surface area contributed by atoms with Crippen LogP contribution in [0.15, 0.2) is 60.7 Å². The van der Waals surface area contributed by atoms with E-state index in [0.717, 1.165) is 27.8 Å². The predicted molar refractivity (Wildman–Crippen MR) is 204 cm³/mol. The highest BCUT2D eigenvalue weighted by atomic mass is 19.1. The molecule has 56 heavy (non-hydrogen) atoms. The van der Waals surface area contributed by atoms with Crippen LogP contribution in [0.3, 0.4) is 0 Å². The lowest BCUT2D eigenvalue weighted by Crippen LogP contribution is -2.54. The van der Waals surface area contributed by atoms with Crippen LogP contribution in [0.4, 0.5) is 4.39 Å². The van der Waals surface area contributed by atoms with Gasteiger partial charge in [-0.05, 0) is 64.7 Å². The number of ether oxygens (including phenoxy) is 6. The number of hydrogen-bond acceptors (Lipinski definition) is 8. The van der Waals surface area contributed by atoms with E-state index in [1.165, 1.54) is 7.11 Å². The number of alkyl halides is 1. The minimum atomic E-state index is -0.951. The summed E-state index contributed by atoms with van der Waals surface area (Å²) in [4.78, 5) is 24.9. The first kappa shape index (κ1) is 38.7. The van der Waals surface area contributed by atoms with E-state index in [-0.39, 0.29) is 46.2 Å². The van der Waals surface area contributed by atoms with E-state index in [4.69, 9.17) is 28.4 Å². The molecule has 4 aliphatic heterocycles. The molecule has 0 saturated heterocycles. The number of fused-ring (bicyclic) bond motifs is 2. The lowest BCUT2D eigenvalue weighted by Gasteiger charge is -2.45. The molecule has 2 N–H and O–H groups in total. The summed E-state index contributed by atoms with van der Waals surface area (Å²) in [6.45, 7) is -0.204. The number of nitrogens with zero attached hydrogens (tertiary/aromatic N) is 2. The average Bonchev–Trinajstić information content (AvgIpc) is 3.16. The molecule has 4 atom stereocenters. The van der Waals surface area contributed by atoms with Gasteiger partial charge in [-0.1, -0.05) is 18.2 Å². The molecule has 13 heteroatoms. The second-order valence-electron chi connectivity index (χ2n) is 15.3. The normalized spacial score (nSPS) is 22.3. The SMILES string of the molecule is COc1ccc2cc1Oc1ccc(cc1)CC1c3cc(c(OC)cc3CC[N+]1(C)CC(=O)O)Oc1c(OCCF)c(OC)cc3c1C(C2)[N+](C)(CC(=O)O)CC3. The number of carboxylic acids is 2. The summed E-state index contributed by atoms with van der Waals surface area (Å²) in [7, 11) is 8.55. The Kier molecular flexibility index (Phi) is 10.8. The fourth-order valence-electron chi connectivity index (χ4n) is 8.83. The average molecular weight is 773 g/mol. The van der Waals surface area contributed by atoms with Gasteiger partial charge in [0.25, 0.3) is 0 Å². The quantitative estimate of drug-likeness (QED) is 0.168. The van der Waals surface area contributed by atoms with Crippen molar-refractivity contribution in [2.45, 2.75) is 37.8 Å². The lowest BCUT2D eigenvalue weighted by atomic mass is 9.85. The molecule has 4 aliphatic rings. The van der Waals surface area contributed by atoms with Crippen LogP contribution >= 0.6 is 0 Å². The molecule has 0 spiro atoms. The van der Waals surface area contributed by atoms with Crippen molar-refractivity contribution in [2.24, 2.45) is 0 Å². The highest BCUT2D eigenvalue weighted by Gasteiger charge is 2.46. The molecule has 296 valence electrons. The van der Waals surface area contributed by atoms with Crippen LogP contribution in [0.2, 0.25) is 0 Å². The summed E-state index contributed by atoms with van der Waals surface area (Å²) in [6.07, 6.45) is 2.02. The van der Waals surface area contributed by atoms with Crippen LogP contribution in [0, 0.1) is 0 Å². The minimum absolute atomic E-state index is 0.0873. The summed E-state index contributed by atoms with van der Waals surface area (Å²) in [5.41, 5.74) is 5.39. The van der Waals surface area contributed by atoms with Gasteiger partial charge < -0.3 is 47.6 Å². The van der Waals surface area contributed by atoms with Gasteiger partial charge in [0, 0.05) is 31.2 Å². The third-order valence-electron chi connectivity index (χ3n) is 11.7. The van der Waals surface area contributed by atoms with E-state index in [2.05, 4.69) is 0 Å². The van der Waals surface area contributed by atoms with Crippen LogP contribution < -0.4 is 28.4 Å². The number of aliphatic carboxylic acids is 2. The largest absolute Gasteiger partial charge is 0.493 e. The Labute approximate surface area is 325 Å². The monoisotopic (exact) mass is 772 g/mol. The molecule has 6 bridgehead atoms. The first-order chi connectivity index (χ1) is 26.9. The second-order valence-corrected chi connectivity index (χ2v) is 15.3. The Hall–Kier alpha value is -5.53. The van der Waals surface area contributed by atoms with Gasteiger partial charge in [0.1, 0.15) is 31.1 Å². The van der Waals surface area contributed by atoms with E-state index in [1.807, 2.05) is 74.8 Å². The zero-order valence-corrected chi connectivity index (χ0v) is 32.4. The van der Waals surface area contributed by atoms with Crippen LogP contribution in [-0.2, 0) is 35.3 Å². The Bertz CT molecular complexity index is 2140. The molecule has 8 rings (SSSR count). The molecule has 0 fully saturated rings. The molecule has 0 saturated carbocycles. The van der Waals surface area contributed by atoms with Crippen molar-refractivity contribution in [1.82, 2.24) is 0 Å². The van der Waals surface area contributed by atoms with Crippen molar-refractivity contribution < 1.29 is 61.6 Å². The number of halogens is 1.